The molecule has 0 aliphatic carbocycles. The molecule has 0 radical (unpaired) electrons. The number of rotatable bonds is 7. The highest BCUT2D eigenvalue weighted by Gasteiger charge is 2.05. The molecule has 27 heavy (non-hydrogen) atoms. The molecule has 0 saturated heterocycles. The van der Waals surface area contributed by atoms with Crippen molar-refractivity contribution in [3.8, 4) is 5.75 Å². The van der Waals surface area contributed by atoms with E-state index in [1.54, 1.807) is 48.9 Å². The van der Waals surface area contributed by atoms with Crippen molar-refractivity contribution in [3.05, 3.63) is 96.1 Å². The van der Waals surface area contributed by atoms with Crippen molar-refractivity contribution >= 4 is 12.0 Å². The van der Waals surface area contributed by atoms with E-state index in [0.717, 1.165) is 22.4 Å². The number of pyridine rings is 2. The maximum atomic E-state index is 12.2. The highest BCUT2D eigenvalue weighted by Crippen LogP contribution is 2.15. The van der Waals surface area contributed by atoms with Gasteiger partial charge in [0.05, 0.1) is 0 Å². The second-order valence-electron chi connectivity index (χ2n) is 6.11. The second kappa shape index (κ2) is 9.29. The summed E-state index contributed by atoms with van der Waals surface area (Å²) in [5.74, 6) is 0.715. The molecule has 0 saturated carbocycles. The van der Waals surface area contributed by atoms with Crippen LogP contribution >= 0.6 is 0 Å². The third kappa shape index (κ3) is 5.78. The molecular formula is C22H21N3O2. The minimum absolute atomic E-state index is 0.0595. The Morgan fingerprint density at radius 3 is 2.30 bits per heavy atom. The minimum atomic E-state index is -0.0595. The molecule has 5 nitrogen and oxygen atoms in total. The third-order valence-corrected chi connectivity index (χ3v) is 3.95. The molecule has 5 heteroatoms. The lowest BCUT2D eigenvalue weighted by Gasteiger charge is -2.14. The van der Waals surface area contributed by atoms with Gasteiger partial charge in [0.1, 0.15) is 12.4 Å². The number of aromatic nitrogens is 2. The van der Waals surface area contributed by atoms with Crippen LogP contribution in [0, 0.1) is 0 Å². The van der Waals surface area contributed by atoms with E-state index in [4.69, 9.17) is 4.74 Å². The molecule has 0 spiro atoms. The van der Waals surface area contributed by atoms with E-state index in [9.17, 15) is 4.79 Å². The number of carbonyl (C=O) groups is 1. The van der Waals surface area contributed by atoms with Crippen LogP contribution in [-0.4, -0.2) is 27.8 Å². The SMILES string of the molecule is CN(Cc1cccnc1)C(=O)/C=C/c1ccc(OCc2cccnc2)cc1. The predicted molar refractivity (Wildman–Crippen MR) is 105 cm³/mol. The lowest BCUT2D eigenvalue weighted by Crippen LogP contribution is -2.24. The fourth-order valence-electron chi connectivity index (χ4n) is 2.46. The van der Waals surface area contributed by atoms with E-state index >= 15 is 0 Å². The average molecular weight is 359 g/mol. The highest BCUT2D eigenvalue weighted by atomic mass is 16.5. The summed E-state index contributed by atoms with van der Waals surface area (Å²) < 4.78 is 5.73. The van der Waals surface area contributed by atoms with Gasteiger partial charge in [-0.05, 0) is 41.5 Å². The third-order valence-electron chi connectivity index (χ3n) is 3.95. The molecule has 2 heterocycles. The smallest absolute Gasteiger partial charge is 0.246 e. The van der Waals surface area contributed by atoms with Crippen LogP contribution < -0.4 is 4.74 Å². The van der Waals surface area contributed by atoms with Crippen LogP contribution in [0.1, 0.15) is 16.7 Å². The molecule has 0 aliphatic rings. The molecule has 0 aliphatic heterocycles. The van der Waals surface area contributed by atoms with Gasteiger partial charge in [-0.15, -0.1) is 0 Å². The van der Waals surface area contributed by atoms with Crippen LogP contribution in [-0.2, 0) is 17.9 Å². The number of ether oxygens (including phenoxy) is 1. The fourth-order valence-corrected chi connectivity index (χ4v) is 2.46. The Kier molecular flexibility index (Phi) is 6.30. The zero-order valence-corrected chi connectivity index (χ0v) is 15.2. The van der Waals surface area contributed by atoms with Crippen molar-refractivity contribution in [1.29, 1.82) is 0 Å². The number of amides is 1. The summed E-state index contributed by atoms with van der Waals surface area (Å²) in [5.41, 5.74) is 2.95. The molecule has 0 N–H and O–H groups in total. The molecule has 0 fully saturated rings. The first-order chi connectivity index (χ1) is 13.2. The molecule has 1 aromatic carbocycles. The average Bonchev–Trinajstić information content (AvgIpc) is 2.72. The van der Waals surface area contributed by atoms with Crippen molar-refractivity contribution in [1.82, 2.24) is 14.9 Å². The minimum Gasteiger partial charge on any atom is -0.489 e. The normalized spacial score (nSPS) is 10.7. The number of likely N-dealkylation sites (N-methyl/N-ethyl adjacent to an activating group) is 1. The molecule has 0 unspecified atom stereocenters. The van der Waals surface area contributed by atoms with E-state index in [0.29, 0.717) is 13.2 Å². The van der Waals surface area contributed by atoms with Gasteiger partial charge < -0.3 is 9.64 Å². The predicted octanol–water partition coefficient (Wildman–Crippen LogP) is 3.73. The van der Waals surface area contributed by atoms with E-state index in [2.05, 4.69) is 9.97 Å². The monoisotopic (exact) mass is 359 g/mol. The lowest BCUT2D eigenvalue weighted by molar-refractivity contribution is -0.125. The van der Waals surface area contributed by atoms with Gasteiger partial charge in [-0.3, -0.25) is 14.8 Å². The zero-order valence-electron chi connectivity index (χ0n) is 15.2. The number of carbonyl (C=O) groups excluding carboxylic acids is 1. The molecule has 0 atom stereocenters. The maximum absolute atomic E-state index is 12.2. The van der Waals surface area contributed by atoms with Crippen LogP contribution in [0.25, 0.3) is 6.08 Å². The fraction of sp³-hybridized carbons (Fsp3) is 0.136. The van der Waals surface area contributed by atoms with Crippen molar-refractivity contribution in [3.63, 3.8) is 0 Å². The highest BCUT2D eigenvalue weighted by molar-refractivity contribution is 5.91. The van der Waals surface area contributed by atoms with E-state index in [1.165, 1.54) is 0 Å². The first kappa shape index (κ1) is 18.3. The number of benzene rings is 1. The summed E-state index contributed by atoms with van der Waals surface area (Å²) in [5, 5.41) is 0. The Morgan fingerprint density at radius 2 is 1.67 bits per heavy atom. The lowest BCUT2D eigenvalue weighted by atomic mass is 10.2. The topological polar surface area (TPSA) is 55.3 Å². The van der Waals surface area contributed by atoms with Crippen LogP contribution in [0.3, 0.4) is 0 Å². The Balaban J connectivity index is 1.51. The quantitative estimate of drug-likeness (QED) is 0.603. The molecule has 2 aromatic heterocycles. The Morgan fingerprint density at radius 1 is 1.00 bits per heavy atom. The Labute approximate surface area is 159 Å². The van der Waals surface area contributed by atoms with Crippen molar-refractivity contribution in [2.45, 2.75) is 13.2 Å². The molecule has 0 bridgehead atoms. The summed E-state index contributed by atoms with van der Waals surface area (Å²) in [6.45, 7) is 0.999. The number of hydrogen-bond donors (Lipinski definition) is 0. The summed E-state index contributed by atoms with van der Waals surface area (Å²) in [4.78, 5) is 22.0. The molecule has 1 amide bonds. The summed E-state index contributed by atoms with van der Waals surface area (Å²) >= 11 is 0. The van der Waals surface area contributed by atoms with Crippen molar-refractivity contribution < 1.29 is 9.53 Å². The first-order valence-corrected chi connectivity index (χ1v) is 8.64. The van der Waals surface area contributed by atoms with Crippen LogP contribution in [0.5, 0.6) is 5.75 Å². The number of hydrogen-bond acceptors (Lipinski definition) is 4. The first-order valence-electron chi connectivity index (χ1n) is 8.64. The van der Waals surface area contributed by atoms with Gasteiger partial charge in [0.2, 0.25) is 5.91 Å². The molecular weight excluding hydrogens is 338 g/mol. The zero-order chi connectivity index (χ0) is 18.9. The van der Waals surface area contributed by atoms with Crippen molar-refractivity contribution in [2.24, 2.45) is 0 Å². The Hall–Kier alpha value is -3.47. The summed E-state index contributed by atoms with van der Waals surface area (Å²) in [7, 11) is 1.77. The van der Waals surface area contributed by atoms with E-state index < -0.39 is 0 Å². The van der Waals surface area contributed by atoms with E-state index in [-0.39, 0.29) is 5.91 Å². The molecule has 136 valence electrons. The van der Waals surface area contributed by atoms with Gasteiger partial charge in [0, 0.05) is 50.0 Å². The van der Waals surface area contributed by atoms with Crippen molar-refractivity contribution in [2.75, 3.05) is 7.05 Å². The van der Waals surface area contributed by atoms with Crippen LogP contribution in [0.15, 0.2) is 79.4 Å². The summed E-state index contributed by atoms with van der Waals surface area (Å²) in [6, 6.07) is 15.3. The van der Waals surface area contributed by atoms with Gasteiger partial charge in [-0.2, -0.15) is 0 Å². The van der Waals surface area contributed by atoms with Gasteiger partial charge in [0.25, 0.3) is 0 Å². The standard InChI is InChI=1S/C22H21N3O2/c1-25(16-19-4-2-12-23-14-19)22(26)11-8-18-6-9-21(10-7-18)27-17-20-5-3-13-24-15-20/h2-15H,16-17H2,1H3/b11-8+. The van der Waals surface area contributed by atoms with E-state index in [1.807, 2.05) is 48.5 Å². The van der Waals surface area contributed by atoms with Gasteiger partial charge in [-0.25, -0.2) is 0 Å². The maximum Gasteiger partial charge on any atom is 0.246 e. The van der Waals surface area contributed by atoms with Gasteiger partial charge in [-0.1, -0.05) is 24.3 Å². The van der Waals surface area contributed by atoms with Gasteiger partial charge in [0.15, 0.2) is 0 Å². The van der Waals surface area contributed by atoms with Crippen LogP contribution in [0.4, 0.5) is 0 Å². The molecule has 3 rings (SSSR count). The summed E-state index contributed by atoms with van der Waals surface area (Å²) in [6.07, 6.45) is 10.4. The Bertz CT molecular complexity index is 878. The van der Waals surface area contributed by atoms with Gasteiger partial charge >= 0.3 is 0 Å². The molecule has 3 aromatic rings. The van der Waals surface area contributed by atoms with Crippen LogP contribution in [0.2, 0.25) is 0 Å². The number of nitrogens with zero attached hydrogens (tertiary/aromatic N) is 3. The largest absolute Gasteiger partial charge is 0.489 e. The second-order valence-corrected chi connectivity index (χ2v) is 6.11.